The van der Waals surface area contributed by atoms with Crippen LogP contribution in [-0.2, 0) is 0 Å². The van der Waals surface area contributed by atoms with Gasteiger partial charge in [-0.25, -0.2) is 0 Å². The molecule has 174 valence electrons. The fourth-order valence-electron chi connectivity index (χ4n) is 10.3. The van der Waals surface area contributed by atoms with Crippen LogP contribution in [0.15, 0.2) is 23.3 Å². The summed E-state index contributed by atoms with van der Waals surface area (Å²) in [5, 5.41) is 10.8. The van der Waals surface area contributed by atoms with E-state index in [9.17, 15) is 5.11 Å². The van der Waals surface area contributed by atoms with E-state index < -0.39 is 0 Å². The summed E-state index contributed by atoms with van der Waals surface area (Å²) < 4.78 is 0. The van der Waals surface area contributed by atoms with Gasteiger partial charge in [-0.3, -0.25) is 0 Å². The maximum atomic E-state index is 10.8. The van der Waals surface area contributed by atoms with Crippen molar-refractivity contribution in [2.45, 2.75) is 119 Å². The monoisotopic (exact) mass is 424 g/mol. The minimum Gasteiger partial charge on any atom is -0.393 e. The molecular weight excluding hydrogens is 376 g/mol. The van der Waals surface area contributed by atoms with Crippen LogP contribution in [0.2, 0.25) is 0 Å². The number of rotatable bonds is 4. The fourth-order valence-corrected chi connectivity index (χ4v) is 10.3. The molecule has 0 aliphatic heterocycles. The molecule has 8 atom stereocenters. The Morgan fingerprint density at radius 2 is 1.84 bits per heavy atom. The SMILES string of the molecule is CC(C)=CCCC(C)C1CCC2(C)C3=CCC4C(C)(C)[C@@H](O)CC[C@@]45C[C@@]35CC[C@]12C. The first-order chi connectivity index (χ1) is 14.4. The average Bonchev–Trinajstić information content (AvgIpc) is 3.27. The number of allylic oxidation sites excluding steroid dienone is 4. The number of fused-ring (bicyclic) bond motifs is 2. The average molecular weight is 425 g/mol. The molecule has 5 aliphatic carbocycles. The molecule has 1 heteroatoms. The van der Waals surface area contributed by atoms with E-state index in [1.165, 1.54) is 63.4 Å². The molecule has 1 N–H and O–H groups in total. The Kier molecular flexibility index (Phi) is 4.84. The van der Waals surface area contributed by atoms with Crippen LogP contribution in [0.25, 0.3) is 0 Å². The summed E-state index contributed by atoms with van der Waals surface area (Å²) >= 11 is 0. The van der Waals surface area contributed by atoms with Crippen LogP contribution in [0.3, 0.4) is 0 Å². The molecule has 4 saturated carbocycles. The van der Waals surface area contributed by atoms with Gasteiger partial charge in [0, 0.05) is 0 Å². The van der Waals surface area contributed by atoms with Crippen LogP contribution in [0.1, 0.15) is 113 Å². The molecule has 4 unspecified atom stereocenters. The van der Waals surface area contributed by atoms with Crippen LogP contribution >= 0.6 is 0 Å². The topological polar surface area (TPSA) is 20.2 Å². The summed E-state index contributed by atoms with van der Waals surface area (Å²) in [5.74, 6) is 2.38. The molecule has 5 aliphatic rings. The summed E-state index contributed by atoms with van der Waals surface area (Å²) in [4.78, 5) is 0. The Labute approximate surface area is 192 Å². The molecule has 0 radical (unpaired) electrons. The van der Waals surface area contributed by atoms with Gasteiger partial charge in [0.2, 0.25) is 0 Å². The Bertz CT molecular complexity index is 814. The van der Waals surface area contributed by atoms with Gasteiger partial charge in [-0.2, -0.15) is 0 Å². The Balaban J connectivity index is 1.45. The van der Waals surface area contributed by atoms with Crippen molar-refractivity contribution < 1.29 is 5.11 Å². The van der Waals surface area contributed by atoms with E-state index in [-0.39, 0.29) is 11.5 Å². The van der Waals surface area contributed by atoms with Gasteiger partial charge in [0.05, 0.1) is 6.10 Å². The van der Waals surface area contributed by atoms with Gasteiger partial charge in [0.1, 0.15) is 0 Å². The number of hydrogen-bond acceptors (Lipinski definition) is 1. The standard InChI is InChI=1S/C30H48O/c1-20(2)9-8-10-21(3)22-13-15-28(7)24-12-11-23-26(4,5)25(31)14-16-29(23)19-30(24,29)18-17-27(22,28)6/h9,12,21-23,25,31H,8,10-11,13-19H2,1-7H3/t21?,22?,23?,25-,27+,28?,29+,30-/m0/s1. The zero-order valence-corrected chi connectivity index (χ0v) is 21.5. The summed E-state index contributed by atoms with van der Waals surface area (Å²) in [7, 11) is 0. The summed E-state index contributed by atoms with van der Waals surface area (Å²) in [6.07, 6.45) is 18.3. The van der Waals surface area contributed by atoms with Crippen molar-refractivity contribution in [2.75, 3.05) is 0 Å². The van der Waals surface area contributed by atoms with Crippen molar-refractivity contribution >= 4 is 0 Å². The highest BCUT2D eigenvalue weighted by Crippen LogP contribution is 2.87. The fraction of sp³-hybridized carbons (Fsp3) is 0.867. The minimum absolute atomic E-state index is 0.0725. The van der Waals surface area contributed by atoms with E-state index in [0.717, 1.165) is 18.3 Å². The highest BCUT2D eigenvalue weighted by atomic mass is 16.3. The molecule has 0 aromatic rings. The maximum absolute atomic E-state index is 10.8. The predicted molar refractivity (Wildman–Crippen MR) is 131 cm³/mol. The molecule has 5 rings (SSSR count). The third-order valence-corrected chi connectivity index (χ3v) is 12.4. The molecule has 0 aromatic heterocycles. The summed E-state index contributed by atoms with van der Waals surface area (Å²) in [5.41, 5.74) is 5.30. The van der Waals surface area contributed by atoms with Gasteiger partial charge in [0.15, 0.2) is 0 Å². The lowest BCUT2D eigenvalue weighted by molar-refractivity contribution is -0.0905. The van der Waals surface area contributed by atoms with Crippen LogP contribution in [0.4, 0.5) is 0 Å². The molecule has 0 heterocycles. The van der Waals surface area contributed by atoms with Gasteiger partial charge in [-0.15, -0.1) is 0 Å². The predicted octanol–water partition coefficient (Wildman–Crippen LogP) is 8.09. The Morgan fingerprint density at radius 1 is 1.10 bits per heavy atom. The Hall–Kier alpha value is -0.560. The van der Waals surface area contributed by atoms with Crippen molar-refractivity contribution in [3.05, 3.63) is 23.3 Å². The first-order valence-corrected chi connectivity index (χ1v) is 13.5. The van der Waals surface area contributed by atoms with Gasteiger partial charge in [0.25, 0.3) is 0 Å². The zero-order chi connectivity index (χ0) is 22.4. The van der Waals surface area contributed by atoms with Gasteiger partial charge in [-0.05, 0) is 123 Å². The number of hydrogen-bond donors (Lipinski definition) is 1. The first kappa shape index (κ1) is 22.2. The lowest BCUT2D eigenvalue weighted by Gasteiger charge is -2.60. The lowest BCUT2D eigenvalue weighted by atomic mass is 9.45. The molecule has 0 aromatic carbocycles. The molecule has 0 saturated heterocycles. The second-order valence-corrected chi connectivity index (χ2v) is 13.9. The highest BCUT2D eigenvalue weighted by molar-refractivity contribution is 5.45. The third-order valence-electron chi connectivity index (χ3n) is 12.4. The number of aliphatic hydroxyl groups is 1. The largest absolute Gasteiger partial charge is 0.393 e. The number of aliphatic hydroxyl groups excluding tert-OH is 1. The van der Waals surface area contributed by atoms with Crippen molar-refractivity contribution in [1.29, 1.82) is 0 Å². The van der Waals surface area contributed by atoms with Gasteiger partial charge in [-0.1, -0.05) is 57.9 Å². The zero-order valence-electron chi connectivity index (χ0n) is 21.5. The van der Waals surface area contributed by atoms with Crippen molar-refractivity contribution in [1.82, 2.24) is 0 Å². The maximum Gasteiger partial charge on any atom is 0.0594 e. The normalized spacial score (nSPS) is 50.3. The molecule has 0 bridgehead atoms. The van der Waals surface area contributed by atoms with E-state index in [0.29, 0.717) is 27.6 Å². The Morgan fingerprint density at radius 3 is 2.55 bits per heavy atom. The van der Waals surface area contributed by atoms with Crippen LogP contribution < -0.4 is 0 Å². The van der Waals surface area contributed by atoms with Crippen molar-refractivity contribution in [2.24, 2.45) is 44.8 Å². The highest BCUT2D eigenvalue weighted by Gasteiger charge is 2.80. The summed E-state index contributed by atoms with van der Waals surface area (Å²) in [6, 6.07) is 0. The lowest BCUT2D eigenvalue weighted by Crippen LogP contribution is -2.53. The quantitative estimate of drug-likeness (QED) is 0.452. The van der Waals surface area contributed by atoms with Gasteiger partial charge >= 0.3 is 0 Å². The molecule has 31 heavy (non-hydrogen) atoms. The van der Waals surface area contributed by atoms with Crippen LogP contribution in [0, 0.1) is 44.8 Å². The molecule has 1 nitrogen and oxygen atoms in total. The second kappa shape index (κ2) is 6.74. The van der Waals surface area contributed by atoms with Gasteiger partial charge < -0.3 is 5.11 Å². The molecule has 2 spiro atoms. The van der Waals surface area contributed by atoms with E-state index in [2.05, 4.69) is 60.6 Å². The third kappa shape index (κ3) is 2.65. The van der Waals surface area contributed by atoms with Crippen LogP contribution in [-0.4, -0.2) is 11.2 Å². The summed E-state index contributed by atoms with van der Waals surface area (Å²) in [6.45, 7) is 17.1. The minimum atomic E-state index is -0.113. The van der Waals surface area contributed by atoms with E-state index in [1.807, 2.05) is 5.57 Å². The van der Waals surface area contributed by atoms with Crippen LogP contribution in [0.5, 0.6) is 0 Å². The second-order valence-electron chi connectivity index (χ2n) is 13.9. The molecular formula is C30H48O. The van der Waals surface area contributed by atoms with Crippen molar-refractivity contribution in [3.8, 4) is 0 Å². The van der Waals surface area contributed by atoms with E-state index in [4.69, 9.17) is 0 Å². The molecule has 0 amide bonds. The smallest absolute Gasteiger partial charge is 0.0594 e. The first-order valence-electron chi connectivity index (χ1n) is 13.5. The molecule has 4 fully saturated rings. The van der Waals surface area contributed by atoms with E-state index >= 15 is 0 Å². The van der Waals surface area contributed by atoms with E-state index in [1.54, 1.807) is 0 Å². The van der Waals surface area contributed by atoms with Crippen molar-refractivity contribution in [3.63, 3.8) is 0 Å².